The molecular formula is C14H10ClN3O3. The first kappa shape index (κ1) is 13.4. The lowest BCUT2D eigenvalue weighted by molar-refractivity contribution is 0.419. The van der Waals surface area contributed by atoms with Gasteiger partial charge >= 0.3 is 5.69 Å². The van der Waals surface area contributed by atoms with Crippen LogP contribution in [0.2, 0.25) is 5.02 Å². The molecule has 0 radical (unpaired) electrons. The molecule has 2 aromatic heterocycles. The molecule has 0 unspecified atom stereocenters. The monoisotopic (exact) mass is 303 g/mol. The quantitative estimate of drug-likeness (QED) is 0.782. The van der Waals surface area contributed by atoms with Crippen molar-refractivity contribution < 1.29 is 4.74 Å². The van der Waals surface area contributed by atoms with Crippen LogP contribution >= 0.6 is 11.6 Å². The summed E-state index contributed by atoms with van der Waals surface area (Å²) >= 11 is 6.04. The summed E-state index contributed by atoms with van der Waals surface area (Å²) < 4.78 is 6.52. The van der Waals surface area contributed by atoms with Crippen LogP contribution in [0.15, 0.2) is 46.2 Å². The topological polar surface area (TPSA) is 77.0 Å². The molecular weight excluding hydrogens is 294 g/mol. The van der Waals surface area contributed by atoms with E-state index < -0.39 is 11.2 Å². The normalized spacial score (nSPS) is 10.8. The third-order valence-electron chi connectivity index (χ3n) is 3.06. The third-order valence-corrected chi connectivity index (χ3v) is 3.28. The van der Waals surface area contributed by atoms with Crippen LogP contribution in [0.4, 0.5) is 0 Å². The van der Waals surface area contributed by atoms with Crippen LogP contribution in [0.25, 0.3) is 16.6 Å². The maximum atomic E-state index is 12.2. The number of H-pyrrole nitrogens is 1. The second-order valence-corrected chi connectivity index (χ2v) is 4.74. The van der Waals surface area contributed by atoms with Gasteiger partial charge in [0.2, 0.25) is 0 Å². The highest BCUT2D eigenvalue weighted by Crippen LogP contribution is 2.27. The maximum absolute atomic E-state index is 12.2. The van der Waals surface area contributed by atoms with Crippen LogP contribution < -0.4 is 16.0 Å². The highest BCUT2D eigenvalue weighted by atomic mass is 35.5. The van der Waals surface area contributed by atoms with E-state index in [2.05, 4.69) is 9.97 Å². The van der Waals surface area contributed by atoms with E-state index in [1.165, 1.54) is 23.9 Å². The molecule has 3 aromatic rings. The van der Waals surface area contributed by atoms with Crippen LogP contribution in [0.1, 0.15) is 0 Å². The molecule has 3 rings (SSSR count). The van der Waals surface area contributed by atoms with E-state index in [-0.39, 0.29) is 5.39 Å². The van der Waals surface area contributed by atoms with Crippen LogP contribution in [-0.4, -0.2) is 21.6 Å². The zero-order chi connectivity index (χ0) is 15.0. The van der Waals surface area contributed by atoms with Crippen molar-refractivity contribution in [3.63, 3.8) is 0 Å². The van der Waals surface area contributed by atoms with Gasteiger partial charge in [-0.2, -0.15) is 0 Å². The number of aromatic amines is 1. The van der Waals surface area contributed by atoms with E-state index in [1.54, 1.807) is 24.4 Å². The lowest BCUT2D eigenvalue weighted by atomic mass is 10.2. The number of rotatable bonds is 2. The first-order valence-corrected chi connectivity index (χ1v) is 6.42. The molecule has 0 aliphatic rings. The Balaban J connectivity index is 2.54. The van der Waals surface area contributed by atoms with Gasteiger partial charge in [-0.15, -0.1) is 0 Å². The van der Waals surface area contributed by atoms with Gasteiger partial charge < -0.3 is 4.74 Å². The number of pyridine rings is 1. The minimum atomic E-state index is -0.565. The molecule has 6 nitrogen and oxygen atoms in total. The van der Waals surface area contributed by atoms with Crippen molar-refractivity contribution in [2.24, 2.45) is 0 Å². The number of hydrogen-bond donors (Lipinski definition) is 1. The largest absolute Gasteiger partial charge is 0.496 e. The average Bonchev–Trinajstić information content (AvgIpc) is 2.47. The van der Waals surface area contributed by atoms with Crippen molar-refractivity contribution in [1.82, 2.24) is 14.5 Å². The minimum absolute atomic E-state index is 0.255. The van der Waals surface area contributed by atoms with E-state index in [1.807, 2.05) is 0 Å². The van der Waals surface area contributed by atoms with Crippen molar-refractivity contribution in [3.05, 3.63) is 62.5 Å². The van der Waals surface area contributed by atoms with Gasteiger partial charge in [0.1, 0.15) is 11.1 Å². The molecule has 106 valence electrons. The number of benzene rings is 1. The number of hydrogen-bond acceptors (Lipinski definition) is 4. The van der Waals surface area contributed by atoms with Crippen LogP contribution in [0.5, 0.6) is 5.75 Å². The van der Waals surface area contributed by atoms with Gasteiger partial charge in [-0.3, -0.25) is 19.3 Å². The molecule has 0 bridgehead atoms. The Morgan fingerprint density at radius 2 is 2.14 bits per heavy atom. The summed E-state index contributed by atoms with van der Waals surface area (Å²) in [4.78, 5) is 30.5. The summed E-state index contributed by atoms with van der Waals surface area (Å²) in [6.07, 6.45) is 3.11. The summed E-state index contributed by atoms with van der Waals surface area (Å²) in [6.45, 7) is 0. The SMILES string of the molecule is COc1cc(Cl)cc2c1c(=O)[nH]c(=O)n2-c1cccnc1. The fourth-order valence-corrected chi connectivity index (χ4v) is 2.40. The van der Waals surface area contributed by atoms with Crippen LogP contribution in [-0.2, 0) is 0 Å². The molecule has 1 N–H and O–H groups in total. The first-order valence-electron chi connectivity index (χ1n) is 6.05. The minimum Gasteiger partial charge on any atom is -0.496 e. The van der Waals surface area contributed by atoms with Crippen molar-refractivity contribution in [3.8, 4) is 11.4 Å². The van der Waals surface area contributed by atoms with Crippen molar-refractivity contribution in [2.75, 3.05) is 7.11 Å². The predicted octanol–water partition coefficient (Wildman–Crippen LogP) is 1.74. The van der Waals surface area contributed by atoms with Gasteiger partial charge in [0, 0.05) is 11.2 Å². The highest BCUT2D eigenvalue weighted by Gasteiger charge is 2.14. The standard InChI is InChI=1S/C14H10ClN3O3/c1-21-11-6-8(15)5-10-12(11)13(19)17-14(20)18(10)9-3-2-4-16-7-9/h2-7H,1H3,(H,17,19,20). The van der Waals surface area contributed by atoms with Crippen molar-refractivity contribution in [1.29, 1.82) is 0 Å². The highest BCUT2D eigenvalue weighted by molar-refractivity contribution is 6.31. The van der Waals surface area contributed by atoms with Gasteiger partial charge in [-0.25, -0.2) is 4.79 Å². The molecule has 21 heavy (non-hydrogen) atoms. The number of aromatic nitrogens is 3. The Bertz CT molecular complexity index is 932. The van der Waals surface area contributed by atoms with Gasteiger partial charge in [0.05, 0.1) is 24.5 Å². The number of halogens is 1. The van der Waals surface area contributed by atoms with Gasteiger partial charge in [0.15, 0.2) is 0 Å². The number of fused-ring (bicyclic) bond motifs is 1. The first-order chi connectivity index (χ1) is 10.1. The molecule has 7 heteroatoms. The number of methoxy groups -OCH3 is 1. The number of ether oxygens (including phenoxy) is 1. The average molecular weight is 304 g/mol. The second-order valence-electron chi connectivity index (χ2n) is 4.31. The smallest absolute Gasteiger partial charge is 0.333 e. The van der Waals surface area contributed by atoms with E-state index in [0.717, 1.165) is 0 Å². The molecule has 0 saturated heterocycles. The Labute approximate surface area is 123 Å². The molecule has 0 fully saturated rings. The fraction of sp³-hybridized carbons (Fsp3) is 0.0714. The second kappa shape index (κ2) is 5.06. The zero-order valence-electron chi connectivity index (χ0n) is 11.0. The van der Waals surface area contributed by atoms with Crippen molar-refractivity contribution >= 4 is 22.5 Å². The van der Waals surface area contributed by atoms with Gasteiger partial charge in [-0.05, 0) is 24.3 Å². The Morgan fingerprint density at radius 3 is 2.81 bits per heavy atom. The lowest BCUT2D eigenvalue weighted by Gasteiger charge is -2.11. The van der Waals surface area contributed by atoms with Crippen LogP contribution in [0.3, 0.4) is 0 Å². The Morgan fingerprint density at radius 1 is 1.33 bits per heavy atom. The molecule has 0 aliphatic carbocycles. The number of nitrogens with zero attached hydrogens (tertiary/aromatic N) is 2. The summed E-state index contributed by atoms with van der Waals surface area (Å²) in [5.74, 6) is 0.302. The van der Waals surface area contributed by atoms with E-state index in [0.29, 0.717) is 22.0 Å². The van der Waals surface area contributed by atoms with Gasteiger partial charge in [-0.1, -0.05) is 11.6 Å². The number of nitrogens with one attached hydrogen (secondary N) is 1. The Kier molecular flexibility index (Phi) is 3.23. The summed E-state index contributed by atoms with van der Waals surface area (Å²) in [5, 5.41) is 0.618. The molecule has 2 heterocycles. The third kappa shape index (κ3) is 2.19. The Hall–Kier alpha value is -2.60. The van der Waals surface area contributed by atoms with E-state index in [9.17, 15) is 9.59 Å². The molecule has 0 atom stereocenters. The lowest BCUT2D eigenvalue weighted by Crippen LogP contribution is -2.29. The van der Waals surface area contributed by atoms with E-state index >= 15 is 0 Å². The molecule has 0 aliphatic heterocycles. The predicted molar refractivity (Wildman–Crippen MR) is 79.5 cm³/mol. The zero-order valence-corrected chi connectivity index (χ0v) is 11.7. The summed E-state index contributed by atoms with van der Waals surface area (Å²) in [5.41, 5.74) is -0.206. The van der Waals surface area contributed by atoms with Crippen molar-refractivity contribution in [2.45, 2.75) is 0 Å². The fourth-order valence-electron chi connectivity index (χ4n) is 2.20. The molecule has 0 amide bonds. The van der Waals surface area contributed by atoms with Crippen LogP contribution in [0, 0.1) is 0 Å². The molecule has 1 aromatic carbocycles. The summed E-state index contributed by atoms with van der Waals surface area (Å²) in [6, 6.07) is 6.47. The molecule has 0 spiro atoms. The summed E-state index contributed by atoms with van der Waals surface area (Å²) in [7, 11) is 1.43. The maximum Gasteiger partial charge on any atom is 0.333 e. The van der Waals surface area contributed by atoms with Gasteiger partial charge in [0.25, 0.3) is 5.56 Å². The molecule has 0 saturated carbocycles. The van der Waals surface area contributed by atoms with E-state index in [4.69, 9.17) is 16.3 Å².